The van der Waals surface area contributed by atoms with E-state index in [2.05, 4.69) is 20.5 Å². The summed E-state index contributed by atoms with van der Waals surface area (Å²) in [5.41, 5.74) is 3.58. The van der Waals surface area contributed by atoms with Gasteiger partial charge in [-0.2, -0.15) is 5.10 Å². The lowest BCUT2D eigenvalue weighted by Gasteiger charge is -2.03. The van der Waals surface area contributed by atoms with E-state index >= 15 is 0 Å². The minimum Gasteiger partial charge on any atom is -0.319 e. The molecule has 2 heterocycles. The Morgan fingerprint density at radius 1 is 1.41 bits per heavy atom. The summed E-state index contributed by atoms with van der Waals surface area (Å²) in [7, 11) is 0. The predicted molar refractivity (Wildman–Crippen MR) is 66.2 cm³/mol. The van der Waals surface area contributed by atoms with Crippen molar-refractivity contribution in [3.63, 3.8) is 0 Å². The molecule has 2 aromatic heterocycles. The molecule has 0 radical (unpaired) electrons. The van der Waals surface area contributed by atoms with Crippen LogP contribution in [-0.4, -0.2) is 21.1 Å². The molecule has 0 bridgehead atoms. The van der Waals surface area contributed by atoms with Gasteiger partial charge in [-0.15, -0.1) is 11.3 Å². The van der Waals surface area contributed by atoms with Gasteiger partial charge in [0.1, 0.15) is 5.69 Å². The van der Waals surface area contributed by atoms with E-state index in [1.54, 1.807) is 17.1 Å². The van der Waals surface area contributed by atoms with Gasteiger partial charge in [-0.1, -0.05) is 12.1 Å². The van der Waals surface area contributed by atoms with E-state index in [4.69, 9.17) is 0 Å². The minimum atomic E-state index is -0.214. The summed E-state index contributed by atoms with van der Waals surface area (Å²) < 4.78 is 0. The monoisotopic (exact) mass is 244 g/mol. The number of aromatic amines is 1. The second-order valence-corrected chi connectivity index (χ2v) is 4.19. The first-order chi connectivity index (χ1) is 8.34. The van der Waals surface area contributed by atoms with Gasteiger partial charge in [-0.25, -0.2) is 4.98 Å². The van der Waals surface area contributed by atoms with Crippen molar-refractivity contribution in [2.75, 3.05) is 5.32 Å². The van der Waals surface area contributed by atoms with E-state index in [1.165, 1.54) is 11.3 Å². The number of nitrogens with zero attached hydrogens (tertiary/aromatic N) is 2. The summed E-state index contributed by atoms with van der Waals surface area (Å²) in [6.07, 6.45) is 1.72. The Morgan fingerprint density at radius 2 is 2.35 bits per heavy atom. The molecule has 84 valence electrons. The molecule has 0 aliphatic rings. The van der Waals surface area contributed by atoms with Crippen molar-refractivity contribution in [2.24, 2.45) is 0 Å². The fourth-order valence-corrected chi connectivity index (χ4v) is 2.12. The molecule has 0 spiro atoms. The third kappa shape index (κ3) is 1.78. The SMILES string of the molecule is O=C(Nc1cccc2cn[nH]c12)c1cscn1. The van der Waals surface area contributed by atoms with Crippen LogP contribution < -0.4 is 5.32 Å². The van der Waals surface area contributed by atoms with Crippen LogP contribution in [0.2, 0.25) is 0 Å². The summed E-state index contributed by atoms with van der Waals surface area (Å²) in [5.74, 6) is -0.214. The summed E-state index contributed by atoms with van der Waals surface area (Å²) in [4.78, 5) is 15.8. The highest BCUT2D eigenvalue weighted by molar-refractivity contribution is 7.07. The van der Waals surface area contributed by atoms with Crippen LogP contribution in [0.1, 0.15) is 10.5 Å². The van der Waals surface area contributed by atoms with Crippen molar-refractivity contribution in [3.8, 4) is 0 Å². The van der Waals surface area contributed by atoms with Gasteiger partial charge in [-0.05, 0) is 6.07 Å². The van der Waals surface area contributed by atoms with Gasteiger partial charge in [0.2, 0.25) is 0 Å². The first kappa shape index (κ1) is 9.98. The van der Waals surface area contributed by atoms with Crippen molar-refractivity contribution >= 4 is 33.8 Å². The van der Waals surface area contributed by atoms with E-state index in [1.807, 2.05) is 18.2 Å². The first-order valence-electron chi connectivity index (χ1n) is 4.96. The molecule has 1 aromatic carbocycles. The first-order valence-corrected chi connectivity index (χ1v) is 5.90. The minimum absolute atomic E-state index is 0.214. The van der Waals surface area contributed by atoms with Crippen LogP contribution in [0, 0.1) is 0 Å². The molecule has 1 amide bonds. The van der Waals surface area contributed by atoms with Crippen molar-refractivity contribution in [1.29, 1.82) is 0 Å². The average Bonchev–Trinajstić information content (AvgIpc) is 3.00. The quantitative estimate of drug-likeness (QED) is 0.726. The number of para-hydroxylation sites is 1. The third-order valence-corrected chi connectivity index (χ3v) is 2.98. The van der Waals surface area contributed by atoms with Crippen LogP contribution in [-0.2, 0) is 0 Å². The number of amides is 1. The molecule has 0 atom stereocenters. The molecule has 0 aliphatic carbocycles. The molecule has 0 saturated carbocycles. The zero-order chi connectivity index (χ0) is 11.7. The molecule has 17 heavy (non-hydrogen) atoms. The van der Waals surface area contributed by atoms with Crippen molar-refractivity contribution in [1.82, 2.24) is 15.2 Å². The van der Waals surface area contributed by atoms with Gasteiger partial charge in [0.05, 0.1) is 22.9 Å². The number of benzene rings is 1. The number of rotatable bonds is 2. The van der Waals surface area contributed by atoms with Gasteiger partial charge in [0, 0.05) is 10.8 Å². The van der Waals surface area contributed by atoms with Crippen LogP contribution in [0.5, 0.6) is 0 Å². The molecule has 0 fully saturated rings. The van der Waals surface area contributed by atoms with Crippen LogP contribution in [0.3, 0.4) is 0 Å². The van der Waals surface area contributed by atoms with Crippen LogP contribution in [0.15, 0.2) is 35.3 Å². The standard InChI is InChI=1S/C11H8N4OS/c16-11(9-5-17-6-12-9)14-8-3-1-2-7-4-13-15-10(7)8/h1-6H,(H,13,15)(H,14,16). The Balaban J connectivity index is 1.95. The smallest absolute Gasteiger partial charge is 0.275 e. The Morgan fingerprint density at radius 3 is 3.18 bits per heavy atom. The van der Waals surface area contributed by atoms with Gasteiger partial charge in [-0.3, -0.25) is 9.89 Å². The molecule has 3 rings (SSSR count). The van der Waals surface area contributed by atoms with E-state index in [0.717, 1.165) is 10.9 Å². The van der Waals surface area contributed by atoms with E-state index in [-0.39, 0.29) is 5.91 Å². The number of hydrogen-bond donors (Lipinski definition) is 2. The average molecular weight is 244 g/mol. The maximum atomic E-state index is 11.8. The number of thiazole rings is 1. The molecule has 3 aromatic rings. The predicted octanol–water partition coefficient (Wildman–Crippen LogP) is 2.27. The highest BCUT2D eigenvalue weighted by atomic mass is 32.1. The summed E-state index contributed by atoms with van der Waals surface area (Å²) in [5, 5.41) is 12.3. The Hall–Kier alpha value is -2.21. The Kier molecular flexibility index (Phi) is 2.34. The maximum absolute atomic E-state index is 11.8. The molecule has 0 saturated heterocycles. The summed E-state index contributed by atoms with van der Waals surface area (Å²) in [6, 6.07) is 5.62. The molecule has 5 nitrogen and oxygen atoms in total. The molecule has 0 aliphatic heterocycles. The van der Waals surface area contributed by atoms with Crippen molar-refractivity contribution in [3.05, 3.63) is 41.0 Å². The second-order valence-electron chi connectivity index (χ2n) is 3.47. The topological polar surface area (TPSA) is 70.7 Å². The Labute approximate surface area is 101 Å². The number of aromatic nitrogens is 3. The number of carbonyl (C=O) groups excluding carboxylic acids is 1. The zero-order valence-electron chi connectivity index (χ0n) is 8.68. The second kappa shape index (κ2) is 3.99. The number of fused-ring (bicyclic) bond motifs is 1. The lowest BCUT2D eigenvalue weighted by atomic mass is 10.2. The summed E-state index contributed by atoms with van der Waals surface area (Å²) >= 11 is 1.39. The summed E-state index contributed by atoms with van der Waals surface area (Å²) in [6.45, 7) is 0. The molecular formula is C11H8N4OS. The van der Waals surface area contributed by atoms with Gasteiger partial charge in [0.25, 0.3) is 5.91 Å². The molecule has 0 unspecified atom stereocenters. The molecule has 2 N–H and O–H groups in total. The lowest BCUT2D eigenvalue weighted by Crippen LogP contribution is -2.12. The van der Waals surface area contributed by atoms with E-state index in [0.29, 0.717) is 11.4 Å². The maximum Gasteiger partial charge on any atom is 0.275 e. The van der Waals surface area contributed by atoms with Gasteiger partial charge < -0.3 is 5.32 Å². The van der Waals surface area contributed by atoms with Gasteiger partial charge >= 0.3 is 0 Å². The number of carbonyl (C=O) groups is 1. The molecule has 6 heteroatoms. The van der Waals surface area contributed by atoms with Crippen LogP contribution in [0.4, 0.5) is 5.69 Å². The third-order valence-electron chi connectivity index (χ3n) is 2.39. The fourth-order valence-electron chi connectivity index (χ4n) is 1.58. The van der Waals surface area contributed by atoms with Crippen molar-refractivity contribution in [2.45, 2.75) is 0 Å². The largest absolute Gasteiger partial charge is 0.319 e. The lowest BCUT2D eigenvalue weighted by molar-refractivity contribution is 0.102. The number of H-pyrrole nitrogens is 1. The Bertz CT molecular complexity index is 659. The highest BCUT2D eigenvalue weighted by Crippen LogP contribution is 2.20. The van der Waals surface area contributed by atoms with E-state index < -0.39 is 0 Å². The highest BCUT2D eigenvalue weighted by Gasteiger charge is 2.10. The number of hydrogen-bond acceptors (Lipinski definition) is 4. The van der Waals surface area contributed by atoms with Gasteiger partial charge in [0.15, 0.2) is 0 Å². The van der Waals surface area contributed by atoms with Crippen LogP contribution in [0.25, 0.3) is 10.9 Å². The normalized spacial score (nSPS) is 10.6. The molecular weight excluding hydrogens is 236 g/mol. The number of anilines is 1. The van der Waals surface area contributed by atoms with Crippen LogP contribution >= 0.6 is 11.3 Å². The van der Waals surface area contributed by atoms with E-state index in [9.17, 15) is 4.79 Å². The zero-order valence-corrected chi connectivity index (χ0v) is 9.49. The fraction of sp³-hybridized carbons (Fsp3) is 0. The number of nitrogens with one attached hydrogen (secondary N) is 2. The van der Waals surface area contributed by atoms with Crippen molar-refractivity contribution < 1.29 is 4.79 Å².